The molecule has 10 heteroatoms. The van der Waals surface area contributed by atoms with Gasteiger partial charge in [-0.1, -0.05) is 6.07 Å². The number of sulfone groups is 1. The van der Waals surface area contributed by atoms with Crippen molar-refractivity contribution in [3.8, 4) is 11.5 Å². The van der Waals surface area contributed by atoms with Crippen LogP contribution in [-0.2, 0) is 9.84 Å². The third-order valence-electron chi connectivity index (χ3n) is 3.56. The van der Waals surface area contributed by atoms with Crippen LogP contribution in [0.15, 0.2) is 24.4 Å². The lowest BCUT2D eigenvalue weighted by atomic mass is 10.3. The van der Waals surface area contributed by atoms with Crippen molar-refractivity contribution in [2.45, 2.75) is 0 Å². The highest BCUT2D eigenvalue weighted by Crippen LogP contribution is 2.13. The van der Waals surface area contributed by atoms with Crippen LogP contribution < -0.4 is 5.73 Å². The Labute approximate surface area is 133 Å². The van der Waals surface area contributed by atoms with E-state index in [0.717, 1.165) is 4.68 Å². The van der Waals surface area contributed by atoms with E-state index in [1.165, 1.54) is 0 Å². The molecule has 9 nitrogen and oxygen atoms in total. The molecule has 1 fully saturated rings. The van der Waals surface area contributed by atoms with Gasteiger partial charge in [0.25, 0.3) is 5.91 Å². The summed E-state index contributed by atoms with van der Waals surface area (Å²) in [5, 5.41) is 4.10. The molecule has 0 amide bonds. The lowest BCUT2D eigenvalue weighted by Crippen LogP contribution is -2.43. The van der Waals surface area contributed by atoms with Crippen LogP contribution in [0.25, 0.3) is 11.5 Å². The molecule has 2 aromatic heterocycles. The minimum absolute atomic E-state index is 0.0136. The molecule has 2 N–H and O–H groups in total. The number of nitrogen functional groups attached to an aromatic ring is 1. The molecular formula is C13H16N6O3S. The summed E-state index contributed by atoms with van der Waals surface area (Å²) in [5.41, 5.74) is 6.28. The Morgan fingerprint density at radius 2 is 2.00 bits per heavy atom. The van der Waals surface area contributed by atoms with Gasteiger partial charge in [0.05, 0.1) is 18.1 Å². The van der Waals surface area contributed by atoms with E-state index in [0.29, 0.717) is 18.8 Å². The molecule has 0 aromatic carbocycles. The molecule has 0 bridgehead atoms. The van der Waals surface area contributed by atoms with E-state index in [4.69, 9.17) is 5.73 Å². The minimum atomic E-state index is -2.98. The quantitative estimate of drug-likeness (QED) is 0.779. The van der Waals surface area contributed by atoms with Crippen molar-refractivity contribution >= 4 is 21.7 Å². The van der Waals surface area contributed by atoms with Crippen LogP contribution in [0.2, 0.25) is 0 Å². The number of hydrogen-bond donors (Lipinski definition) is 1. The Bertz CT molecular complexity index is 803. The summed E-state index contributed by atoms with van der Waals surface area (Å²) in [7, 11) is -2.98. The summed E-state index contributed by atoms with van der Waals surface area (Å²) in [6, 6.07) is 5.27. The van der Waals surface area contributed by atoms with Gasteiger partial charge in [-0.25, -0.2) is 8.42 Å². The molecule has 0 spiro atoms. The first-order chi connectivity index (χ1) is 10.9. The predicted molar refractivity (Wildman–Crippen MR) is 83.4 cm³/mol. The normalized spacial score (nSPS) is 17.9. The molecule has 1 aliphatic rings. The second-order valence-corrected chi connectivity index (χ2v) is 7.55. The topological polar surface area (TPSA) is 124 Å². The van der Waals surface area contributed by atoms with E-state index in [2.05, 4.69) is 15.1 Å². The van der Waals surface area contributed by atoms with E-state index in [9.17, 15) is 13.2 Å². The first-order valence-electron chi connectivity index (χ1n) is 7.04. The van der Waals surface area contributed by atoms with Crippen LogP contribution in [0.5, 0.6) is 0 Å². The largest absolute Gasteiger partial charge is 0.368 e. The molecule has 1 aliphatic heterocycles. The predicted octanol–water partition coefficient (Wildman–Crippen LogP) is -0.707. The van der Waals surface area contributed by atoms with Crippen molar-refractivity contribution in [1.82, 2.24) is 24.6 Å². The fourth-order valence-electron chi connectivity index (χ4n) is 2.28. The summed E-state index contributed by atoms with van der Waals surface area (Å²) in [6.45, 7) is 0.705. The number of carbonyl (C=O) groups is 1. The van der Waals surface area contributed by atoms with Gasteiger partial charge in [-0.3, -0.25) is 14.7 Å². The highest BCUT2D eigenvalue weighted by atomic mass is 32.2. The maximum absolute atomic E-state index is 12.3. The SMILES string of the molecule is Nc1nc(-c2ccccn2)nn1C(=O)CN1CCS(=O)(=O)CC1. The highest BCUT2D eigenvalue weighted by molar-refractivity contribution is 7.91. The third kappa shape index (κ3) is 3.54. The zero-order valence-corrected chi connectivity index (χ0v) is 13.1. The maximum atomic E-state index is 12.3. The summed E-state index contributed by atoms with van der Waals surface area (Å²) in [5.74, 6) is 0.0351. The van der Waals surface area contributed by atoms with Gasteiger partial charge in [-0.05, 0) is 12.1 Å². The fourth-order valence-corrected chi connectivity index (χ4v) is 3.55. The van der Waals surface area contributed by atoms with Crippen molar-refractivity contribution in [2.24, 2.45) is 0 Å². The molecule has 3 rings (SSSR count). The Hall–Kier alpha value is -2.33. The van der Waals surface area contributed by atoms with Crippen LogP contribution in [0, 0.1) is 0 Å². The van der Waals surface area contributed by atoms with E-state index in [1.54, 1.807) is 29.3 Å². The molecule has 23 heavy (non-hydrogen) atoms. The number of carbonyl (C=O) groups excluding carboxylic acids is 1. The van der Waals surface area contributed by atoms with Crippen LogP contribution in [0.3, 0.4) is 0 Å². The average Bonchev–Trinajstić information content (AvgIpc) is 2.92. The van der Waals surface area contributed by atoms with Gasteiger partial charge in [0, 0.05) is 19.3 Å². The molecule has 0 aliphatic carbocycles. The summed E-state index contributed by atoms with van der Waals surface area (Å²) in [4.78, 5) is 22.2. The molecule has 1 saturated heterocycles. The van der Waals surface area contributed by atoms with E-state index in [-0.39, 0.29) is 35.7 Å². The fraction of sp³-hybridized carbons (Fsp3) is 0.385. The van der Waals surface area contributed by atoms with Crippen LogP contribution in [0.4, 0.5) is 5.95 Å². The van der Waals surface area contributed by atoms with Crippen LogP contribution in [-0.4, -0.2) is 70.1 Å². The number of rotatable bonds is 3. The van der Waals surface area contributed by atoms with Crippen molar-refractivity contribution in [3.63, 3.8) is 0 Å². The molecular weight excluding hydrogens is 320 g/mol. The number of aromatic nitrogens is 4. The van der Waals surface area contributed by atoms with E-state index in [1.807, 2.05) is 0 Å². The number of anilines is 1. The standard InChI is InChI=1S/C13H16N6O3S/c14-13-16-12(10-3-1-2-4-15-10)17-19(13)11(20)9-18-5-7-23(21,22)8-6-18/h1-4H,5-9H2,(H2,14,16,17). The lowest BCUT2D eigenvalue weighted by molar-refractivity contribution is 0.0840. The average molecular weight is 336 g/mol. The third-order valence-corrected chi connectivity index (χ3v) is 5.17. The molecule has 2 aromatic rings. The number of nitrogens with two attached hydrogens (primary N) is 1. The second kappa shape index (κ2) is 6.05. The Balaban J connectivity index is 1.72. The first-order valence-corrected chi connectivity index (χ1v) is 8.87. The molecule has 3 heterocycles. The van der Waals surface area contributed by atoms with Gasteiger partial charge < -0.3 is 5.73 Å². The molecule has 0 saturated carbocycles. The van der Waals surface area contributed by atoms with Gasteiger partial charge in [-0.2, -0.15) is 9.67 Å². The summed E-state index contributed by atoms with van der Waals surface area (Å²) >= 11 is 0. The second-order valence-electron chi connectivity index (χ2n) is 5.24. The van der Waals surface area contributed by atoms with Crippen LogP contribution >= 0.6 is 0 Å². The maximum Gasteiger partial charge on any atom is 0.264 e. The lowest BCUT2D eigenvalue weighted by Gasteiger charge is -2.25. The minimum Gasteiger partial charge on any atom is -0.368 e. The van der Waals surface area contributed by atoms with E-state index >= 15 is 0 Å². The molecule has 0 unspecified atom stereocenters. The van der Waals surface area contributed by atoms with Gasteiger partial charge >= 0.3 is 0 Å². The Kier molecular flexibility index (Phi) is 4.09. The number of hydrogen-bond acceptors (Lipinski definition) is 8. The highest BCUT2D eigenvalue weighted by Gasteiger charge is 2.24. The van der Waals surface area contributed by atoms with Crippen LogP contribution in [0.1, 0.15) is 4.79 Å². The van der Waals surface area contributed by atoms with Crippen molar-refractivity contribution in [2.75, 3.05) is 36.9 Å². The van der Waals surface area contributed by atoms with Gasteiger partial charge in [-0.15, -0.1) is 5.10 Å². The monoisotopic (exact) mass is 336 g/mol. The zero-order valence-electron chi connectivity index (χ0n) is 12.3. The Morgan fingerprint density at radius 3 is 2.65 bits per heavy atom. The van der Waals surface area contributed by atoms with Gasteiger partial charge in [0.1, 0.15) is 5.69 Å². The summed E-state index contributed by atoms with van der Waals surface area (Å²) in [6.07, 6.45) is 1.60. The number of nitrogens with zero attached hydrogens (tertiary/aromatic N) is 5. The number of pyridine rings is 1. The molecule has 0 atom stereocenters. The van der Waals surface area contributed by atoms with E-state index < -0.39 is 9.84 Å². The molecule has 0 radical (unpaired) electrons. The zero-order chi connectivity index (χ0) is 16.4. The van der Waals surface area contributed by atoms with Crippen molar-refractivity contribution in [1.29, 1.82) is 0 Å². The van der Waals surface area contributed by atoms with Crippen molar-refractivity contribution < 1.29 is 13.2 Å². The van der Waals surface area contributed by atoms with Gasteiger partial charge in [0.15, 0.2) is 9.84 Å². The molecule has 122 valence electrons. The summed E-state index contributed by atoms with van der Waals surface area (Å²) < 4.78 is 23.8. The van der Waals surface area contributed by atoms with Gasteiger partial charge in [0.2, 0.25) is 11.8 Å². The van der Waals surface area contributed by atoms with Crippen molar-refractivity contribution in [3.05, 3.63) is 24.4 Å². The Morgan fingerprint density at radius 1 is 1.26 bits per heavy atom. The smallest absolute Gasteiger partial charge is 0.264 e. The first kappa shape index (κ1) is 15.6.